The maximum Gasteiger partial charge on any atom is 0.305 e. The highest BCUT2D eigenvalue weighted by atomic mass is 16.5. The minimum Gasteiger partial charge on any atom is -0.466 e. The van der Waals surface area contributed by atoms with Crippen molar-refractivity contribution in [3.05, 3.63) is 0 Å². The molecule has 0 fully saturated rings. The molecule has 1 amide bonds. The molecule has 0 aliphatic heterocycles. The summed E-state index contributed by atoms with van der Waals surface area (Å²) in [6.07, 6.45) is 96.3. The third-order valence-electron chi connectivity index (χ3n) is 19.7. The van der Waals surface area contributed by atoms with Gasteiger partial charge in [-0.25, -0.2) is 0 Å². The van der Waals surface area contributed by atoms with Gasteiger partial charge in [0.25, 0.3) is 0 Å². The van der Waals surface area contributed by atoms with Crippen LogP contribution in [0.3, 0.4) is 0 Å². The number of aliphatic hydroxyl groups excluding tert-OH is 2. The zero-order valence-electron chi connectivity index (χ0n) is 59.8. The molecule has 0 aromatic heterocycles. The highest BCUT2D eigenvalue weighted by Crippen LogP contribution is 2.21. The SMILES string of the molecule is CCCCCCCCCCCCCCCCCCCCCCCCCCC(O)C(CO)NC(=O)CCCCCCCCCCCCCCCCCCCCCCCCCCCCCCOC(=O)CCCCCCCCCCCCCCCCCCCC. The lowest BCUT2D eigenvalue weighted by Gasteiger charge is -2.22. The van der Waals surface area contributed by atoms with Crippen molar-refractivity contribution >= 4 is 11.9 Å². The summed E-state index contributed by atoms with van der Waals surface area (Å²) in [4.78, 5) is 24.7. The average molecular weight is 1230 g/mol. The van der Waals surface area contributed by atoms with E-state index in [4.69, 9.17) is 4.74 Å². The minimum atomic E-state index is -0.663. The second kappa shape index (κ2) is 77.3. The van der Waals surface area contributed by atoms with E-state index in [1.54, 1.807) is 0 Å². The van der Waals surface area contributed by atoms with Crippen LogP contribution in [-0.2, 0) is 14.3 Å². The quantitative estimate of drug-likeness (QED) is 0.0417. The summed E-state index contributed by atoms with van der Waals surface area (Å²) in [6.45, 7) is 5.03. The Labute approximate surface area is 547 Å². The number of carbonyl (C=O) groups excluding carboxylic acids is 2. The largest absolute Gasteiger partial charge is 0.466 e. The predicted molar refractivity (Wildman–Crippen MR) is 384 cm³/mol. The van der Waals surface area contributed by atoms with Crippen LogP contribution in [0.2, 0.25) is 0 Å². The van der Waals surface area contributed by atoms with Crippen molar-refractivity contribution in [3.63, 3.8) is 0 Å². The van der Waals surface area contributed by atoms with Crippen LogP contribution in [0.15, 0.2) is 0 Å². The number of rotatable bonds is 78. The fraction of sp³-hybridized carbons (Fsp3) is 0.975. The maximum atomic E-state index is 12.6. The lowest BCUT2D eigenvalue weighted by atomic mass is 10.0. The monoisotopic (exact) mass is 1230 g/mol. The molecular formula is C81H161NO5. The van der Waals surface area contributed by atoms with E-state index in [1.807, 2.05) is 0 Å². The summed E-state index contributed by atoms with van der Waals surface area (Å²) < 4.78 is 5.52. The molecule has 2 unspecified atom stereocenters. The van der Waals surface area contributed by atoms with Gasteiger partial charge in [-0.3, -0.25) is 9.59 Å². The van der Waals surface area contributed by atoms with Gasteiger partial charge < -0.3 is 20.3 Å². The number of unbranched alkanes of at least 4 members (excludes halogenated alkanes) is 67. The number of ether oxygens (including phenoxy) is 1. The summed E-state index contributed by atoms with van der Waals surface area (Å²) in [7, 11) is 0. The molecule has 0 heterocycles. The Morgan fingerprint density at radius 2 is 0.471 bits per heavy atom. The van der Waals surface area contributed by atoms with Crippen molar-refractivity contribution in [2.45, 2.75) is 495 Å². The second-order valence-electron chi connectivity index (χ2n) is 28.5. The molecule has 0 aliphatic rings. The molecule has 0 saturated heterocycles. The molecule has 0 rings (SSSR count). The number of carbonyl (C=O) groups is 2. The third-order valence-corrected chi connectivity index (χ3v) is 19.7. The number of amides is 1. The molecule has 0 bridgehead atoms. The van der Waals surface area contributed by atoms with E-state index in [0.29, 0.717) is 25.9 Å². The summed E-state index contributed by atoms with van der Waals surface area (Å²) >= 11 is 0. The Balaban J connectivity index is 3.32. The van der Waals surface area contributed by atoms with E-state index in [2.05, 4.69) is 19.2 Å². The van der Waals surface area contributed by atoms with Crippen LogP contribution >= 0.6 is 0 Å². The molecule has 0 saturated carbocycles. The molecule has 87 heavy (non-hydrogen) atoms. The van der Waals surface area contributed by atoms with Crippen LogP contribution in [0.5, 0.6) is 0 Å². The Hall–Kier alpha value is -1.14. The lowest BCUT2D eigenvalue weighted by Crippen LogP contribution is -2.45. The van der Waals surface area contributed by atoms with Gasteiger partial charge in [-0.15, -0.1) is 0 Å². The molecule has 0 radical (unpaired) electrons. The first-order valence-corrected chi connectivity index (χ1v) is 40.8. The van der Waals surface area contributed by atoms with E-state index >= 15 is 0 Å². The smallest absolute Gasteiger partial charge is 0.305 e. The Kier molecular flexibility index (Phi) is 76.3. The van der Waals surface area contributed by atoms with Gasteiger partial charge in [0.05, 0.1) is 25.4 Å². The fourth-order valence-corrected chi connectivity index (χ4v) is 13.5. The van der Waals surface area contributed by atoms with E-state index < -0.39 is 12.1 Å². The minimum absolute atomic E-state index is 0.0250. The van der Waals surface area contributed by atoms with E-state index in [-0.39, 0.29) is 18.5 Å². The van der Waals surface area contributed by atoms with Crippen molar-refractivity contribution in [2.75, 3.05) is 13.2 Å². The molecule has 0 aromatic rings. The standard InChI is InChI=1S/C81H161NO5/c1-3-5-7-9-11-13-15-17-19-21-23-24-25-32-35-38-41-45-49-53-57-61-65-69-73-79(84)78(77-83)82-80(85)74-70-66-62-58-54-50-46-42-39-36-33-30-28-26-27-29-31-34-37-40-44-48-52-56-60-64-68-72-76-87-81(86)75-71-67-63-59-55-51-47-43-22-20-18-16-14-12-10-8-6-4-2/h78-79,83-84H,3-77H2,1-2H3,(H,82,85). The van der Waals surface area contributed by atoms with Crippen LogP contribution in [0, 0.1) is 0 Å². The Morgan fingerprint density at radius 3 is 0.701 bits per heavy atom. The number of nitrogens with one attached hydrogen (secondary N) is 1. The fourth-order valence-electron chi connectivity index (χ4n) is 13.5. The first kappa shape index (κ1) is 85.9. The molecular weight excluding hydrogens is 1070 g/mol. The predicted octanol–water partition coefficient (Wildman–Crippen LogP) is 26.9. The first-order valence-electron chi connectivity index (χ1n) is 40.8. The van der Waals surface area contributed by atoms with Crippen LogP contribution in [-0.4, -0.2) is 47.4 Å². The van der Waals surface area contributed by atoms with Gasteiger partial charge in [0.1, 0.15) is 0 Å². The highest BCUT2D eigenvalue weighted by Gasteiger charge is 2.20. The Morgan fingerprint density at radius 1 is 0.276 bits per heavy atom. The molecule has 0 aliphatic carbocycles. The summed E-state index contributed by atoms with van der Waals surface area (Å²) in [5.41, 5.74) is 0. The van der Waals surface area contributed by atoms with Gasteiger partial charge >= 0.3 is 5.97 Å². The number of hydrogen-bond acceptors (Lipinski definition) is 5. The van der Waals surface area contributed by atoms with E-state index in [0.717, 1.165) is 38.5 Å². The number of esters is 1. The van der Waals surface area contributed by atoms with Gasteiger partial charge in [0, 0.05) is 12.8 Å². The summed E-state index contributed by atoms with van der Waals surface area (Å²) in [5.74, 6) is 0.0000253. The van der Waals surface area contributed by atoms with Crippen molar-refractivity contribution in [2.24, 2.45) is 0 Å². The Bertz CT molecular complexity index is 1280. The van der Waals surface area contributed by atoms with Crippen LogP contribution < -0.4 is 5.32 Å². The van der Waals surface area contributed by atoms with Gasteiger partial charge in [-0.05, 0) is 25.7 Å². The van der Waals surface area contributed by atoms with Gasteiger partial charge in [0.15, 0.2) is 0 Å². The van der Waals surface area contributed by atoms with Crippen molar-refractivity contribution in [3.8, 4) is 0 Å². The van der Waals surface area contributed by atoms with Crippen LogP contribution in [0.25, 0.3) is 0 Å². The topological polar surface area (TPSA) is 95.9 Å². The van der Waals surface area contributed by atoms with Crippen LogP contribution in [0.1, 0.15) is 483 Å². The van der Waals surface area contributed by atoms with Gasteiger partial charge in [-0.2, -0.15) is 0 Å². The normalized spacial score (nSPS) is 12.4. The lowest BCUT2D eigenvalue weighted by molar-refractivity contribution is -0.143. The van der Waals surface area contributed by atoms with Crippen molar-refractivity contribution in [1.82, 2.24) is 5.32 Å². The van der Waals surface area contributed by atoms with E-state index in [1.165, 1.54) is 411 Å². The zero-order chi connectivity index (χ0) is 62.8. The van der Waals surface area contributed by atoms with E-state index in [9.17, 15) is 19.8 Å². The van der Waals surface area contributed by atoms with Gasteiger partial charge in [0.2, 0.25) is 5.91 Å². The molecule has 520 valence electrons. The molecule has 0 aromatic carbocycles. The second-order valence-corrected chi connectivity index (χ2v) is 28.5. The first-order chi connectivity index (χ1) is 43.0. The number of aliphatic hydroxyl groups is 2. The van der Waals surface area contributed by atoms with Gasteiger partial charge in [-0.1, -0.05) is 444 Å². The molecule has 0 spiro atoms. The summed E-state index contributed by atoms with van der Waals surface area (Å²) in [6, 6.07) is -0.540. The number of hydrogen-bond donors (Lipinski definition) is 3. The third kappa shape index (κ3) is 73.8. The van der Waals surface area contributed by atoms with Crippen molar-refractivity contribution < 1.29 is 24.5 Å². The summed E-state index contributed by atoms with van der Waals surface area (Å²) in [5, 5.41) is 23.5. The zero-order valence-corrected chi connectivity index (χ0v) is 59.8. The molecule has 2 atom stereocenters. The van der Waals surface area contributed by atoms with Crippen molar-refractivity contribution in [1.29, 1.82) is 0 Å². The van der Waals surface area contributed by atoms with Crippen LogP contribution in [0.4, 0.5) is 0 Å². The molecule has 3 N–H and O–H groups in total. The molecule has 6 heteroatoms. The maximum absolute atomic E-state index is 12.6. The average Bonchev–Trinajstić information content (AvgIpc) is 3.53. The highest BCUT2D eigenvalue weighted by molar-refractivity contribution is 5.76. The molecule has 6 nitrogen and oxygen atoms in total.